The number of nitrogens with zero attached hydrogens (tertiary/aromatic N) is 2. The minimum atomic E-state index is -0.867. The molecule has 124 valence electrons. The number of carbonyl (C=O) groups is 1. The van der Waals surface area contributed by atoms with Crippen LogP contribution in [0.25, 0.3) is 11.0 Å². The molecule has 24 heavy (non-hydrogen) atoms. The lowest BCUT2D eigenvalue weighted by molar-refractivity contribution is -0.140. The van der Waals surface area contributed by atoms with Gasteiger partial charge < -0.3 is 15.4 Å². The Hall–Kier alpha value is -2.66. The molecule has 0 fully saturated rings. The first kappa shape index (κ1) is 16.2. The Kier molecular flexibility index (Phi) is 4.62. The fourth-order valence-corrected chi connectivity index (χ4v) is 3.08. The van der Waals surface area contributed by atoms with Crippen LogP contribution in [0.5, 0.6) is 0 Å². The smallest absolute Gasteiger partial charge is 0.326 e. The molecule has 2 unspecified atom stereocenters. The normalized spacial score (nSPS) is 13.8. The van der Waals surface area contributed by atoms with Gasteiger partial charge in [0, 0.05) is 0 Å². The van der Waals surface area contributed by atoms with Gasteiger partial charge in [-0.1, -0.05) is 49.4 Å². The van der Waals surface area contributed by atoms with Crippen LogP contribution in [0.2, 0.25) is 0 Å². The van der Waals surface area contributed by atoms with Crippen molar-refractivity contribution < 1.29 is 9.90 Å². The molecule has 3 aromatic rings. The third-order valence-corrected chi connectivity index (χ3v) is 4.24. The van der Waals surface area contributed by atoms with Crippen LogP contribution >= 0.6 is 0 Å². The summed E-state index contributed by atoms with van der Waals surface area (Å²) in [6, 6.07) is 16.5. The summed E-state index contributed by atoms with van der Waals surface area (Å²) in [5.41, 5.74) is 9.10. The van der Waals surface area contributed by atoms with Crippen LogP contribution in [0.1, 0.15) is 36.8 Å². The second kappa shape index (κ2) is 6.84. The third-order valence-electron chi connectivity index (χ3n) is 4.24. The molecule has 0 aliphatic heterocycles. The zero-order valence-corrected chi connectivity index (χ0v) is 13.6. The van der Waals surface area contributed by atoms with Crippen LogP contribution in [0.3, 0.4) is 0 Å². The molecule has 0 aliphatic rings. The molecule has 0 saturated heterocycles. The second-order valence-corrected chi connectivity index (χ2v) is 5.89. The summed E-state index contributed by atoms with van der Waals surface area (Å²) in [7, 11) is 0. The van der Waals surface area contributed by atoms with E-state index in [1.54, 1.807) is 4.57 Å². The van der Waals surface area contributed by atoms with Crippen LogP contribution in [0, 0.1) is 0 Å². The van der Waals surface area contributed by atoms with Gasteiger partial charge >= 0.3 is 5.97 Å². The van der Waals surface area contributed by atoms with Gasteiger partial charge in [-0.05, 0) is 30.5 Å². The Morgan fingerprint density at radius 2 is 1.83 bits per heavy atom. The number of hydrogen-bond acceptors (Lipinski definition) is 3. The Morgan fingerprint density at radius 1 is 1.17 bits per heavy atom. The molecule has 3 rings (SSSR count). The number of carboxylic acid groups (broad SMARTS) is 1. The lowest BCUT2D eigenvalue weighted by atomic mass is 10.1. The summed E-state index contributed by atoms with van der Waals surface area (Å²) in [6.07, 6.45) is 1.08. The second-order valence-electron chi connectivity index (χ2n) is 5.89. The number of imidazole rings is 1. The lowest BCUT2D eigenvalue weighted by Crippen LogP contribution is -2.25. The van der Waals surface area contributed by atoms with Crippen molar-refractivity contribution in [1.29, 1.82) is 0 Å². The van der Waals surface area contributed by atoms with Gasteiger partial charge in [0.1, 0.15) is 11.9 Å². The van der Waals surface area contributed by atoms with Crippen molar-refractivity contribution in [3.8, 4) is 0 Å². The largest absolute Gasteiger partial charge is 0.480 e. The molecule has 0 amide bonds. The quantitative estimate of drug-likeness (QED) is 0.729. The van der Waals surface area contributed by atoms with Gasteiger partial charge in [-0.3, -0.25) is 0 Å². The molecule has 0 bridgehead atoms. The molecule has 1 heterocycles. The molecular formula is C19H21N3O2. The van der Waals surface area contributed by atoms with E-state index in [0.29, 0.717) is 18.7 Å². The number of rotatable bonds is 6. The maximum atomic E-state index is 11.7. The number of nitrogens with two attached hydrogens (primary N) is 1. The molecule has 2 atom stereocenters. The average molecular weight is 323 g/mol. The van der Waals surface area contributed by atoms with Crippen molar-refractivity contribution in [2.75, 3.05) is 0 Å². The van der Waals surface area contributed by atoms with Gasteiger partial charge in [0.2, 0.25) is 0 Å². The number of carboxylic acids is 1. The van der Waals surface area contributed by atoms with E-state index in [1.165, 1.54) is 0 Å². The van der Waals surface area contributed by atoms with Gasteiger partial charge in [0.05, 0.1) is 17.1 Å². The standard InChI is InChI=1S/C19H21N3O2/c1-2-16(19(23)24)22-17-11-7-6-10-15(17)21-18(22)14(20)12-13-8-4-3-5-9-13/h3-11,14,16H,2,12,20H2,1H3,(H,23,24). The summed E-state index contributed by atoms with van der Waals surface area (Å²) in [5.74, 6) is -0.247. The summed E-state index contributed by atoms with van der Waals surface area (Å²) < 4.78 is 1.78. The zero-order valence-electron chi connectivity index (χ0n) is 13.6. The molecule has 5 nitrogen and oxygen atoms in total. The number of fused-ring (bicyclic) bond motifs is 1. The first-order valence-electron chi connectivity index (χ1n) is 8.11. The van der Waals surface area contributed by atoms with Gasteiger partial charge in [0.25, 0.3) is 0 Å². The number of aliphatic carboxylic acids is 1. The van der Waals surface area contributed by atoms with Crippen LogP contribution in [-0.4, -0.2) is 20.6 Å². The van der Waals surface area contributed by atoms with Crippen molar-refractivity contribution in [3.05, 3.63) is 66.0 Å². The number of hydrogen-bond donors (Lipinski definition) is 2. The van der Waals surface area contributed by atoms with Crippen molar-refractivity contribution in [3.63, 3.8) is 0 Å². The topological polar surface area (TPSA) is 81.1 Å². The van der Waals surface area contributed by atoms with Crippen LogP contribution in [0.4, 0.5) is 0 Å². The van der Waals surface area contributed by atoms with Crippen molar-refractivity contribution in [2.45, 2.75) is 31.8 Å². The predicted octanol–water partition coefficient (Wildman–Crippen LogP) is 3.31. The van der Waals surface area contributed by atoms with Crippen LogP contribution in [-0.2, 0) is 11.2 Å². The van der Waals surface area contributed by atoms with E-state index in [1.807, 2.05) is 61.5 Å². The highest BCUT2D eigenvalue weighted by molar-refractivity contribution is 5.80. The van der Waals surface area contributed by atoms with E-state index in [0.717, 1.165) is 16.6 Å². The molecule has 3 N–H and O–H groups in total. The van der Waals surface area contributed by atoms with E-state index < -0.39 is 12.0 Å². The maximum absolute atomic E-state index is 11.7. The molecule has 2 aromatic carbocycles. The molecule has 0 aliphatic carbocycles. The Bertz CT molecular complexity index is 842. The monoisotopic (exact) mass is 323 g/mol. The molecular weight excluding hydrogens is 302 g/mol. The molecule has 5 heteroatoms. The number of para-hydroxylation sites is 2. The van der Waals surface area contributed by atoms with E-state index >= 15 is 0 Å². The first-order chi connectivity index (χ1) is 11.6. The van der Waals surface area contributed by atoms with E-state index in [-0.39, 0.29) is 6.04 Å². The van der Waals surface area contributed by atoms with E-state index in [9.17, 15) is 9.90 Å². The summed E-state index contributed by atoms with van der Waals surface area (Å²) in [6.45, 7) is 1.86. The van der Waals surface area contributed by atoms with Gasteiger partial charge in [-0.25, -0.2) is 9.78 Å². The maximum Gasteiger partial charge on any atom is 0.326 e. The number of benzene rings is 2. The third kappa shape index (κ3) is 3.03. The first-order valence-corrected chi connectivity index (χ1v) is 8.11. The highest BCUT2D eigenvalue weighted by Gasteiger charge is 2.26. The molecule has 0 saturated carbocycles. The summed E-state index contributed by atoms with van der Waals surface area (Å²) in [5, 5.41) is 9.61. The minimum absolute atomic E-state index is 0.367. The minimum Gasteiger partial charge on any atom is -0.480 e. The van der Waals surface area contributed by atoms with Crippen molar-refractivity contribution in [1.82, 2.24) is 9.55 Å². The molecule has 1 aromatic heterocycles. The van der Waals surface area contributed by atoms with E-state index in [2.05, 4.69) is 4.98 Å². The van der Waals surface area contributed by atoms with Crippen LogP contribution in [0.15, 0.2) is 54.6 Å². The predicted molar refractivity (Wildman–Crippen MR) is 93.8 cm³/mol. The zero-order chi connectivity index (χ0) is 17.1. The Morgan fingerprint density at radius 3 is 2.50 bits per heavy atom. The van der Waals surface area contributed by atoms with Gasteiger partial charge in [-0.15, -0.1) is 0 Å². The average Bonchev–Trinajstić information content (AvgIpc) is 2.96. The highest BCUT2D eigenvalue weighted by Crippen LogP contribution is 2.27. The summed E-state index contributed by atoms with van der Waals surface area (Å²) >= 11 is 0. The van der Waals surface area contributed by atoms with Crippen molar-refractivity contribution >= 4 is 17.0 Å². The fraction of sp³-hybridized carbons (Fsp3) is 0.263. The van der Waals surface area contributed by atoms with Crippen molar-refractivity contribution in [2.24, 2.45) is 5.73 Å². The Labute approximate surface area is 140 Å². The molecule has 0 radical (unpaired) electrons. The molecule has 0 spiro atoms. The lowest BCUT2D eigenvalue weighted by Gasteiger charge is -2.19. The SMILES string of the molecule is CCC(C(=O)O)n1c(C(N)Cc2ccccc2)nc2ccccc21. The van der Waals surface area contributed by atoms with E-state index in [4.69, 9.17) is 5.73 Å². The fourth-order valence-electron chi connectivity index (χ4n) is 3.08. The Balaban J connectivity index is 2.07. The van der Waals surface area contributed by atoms with Gasteiger partial charge in [0.15, 0.2) is 0 Å². The highest BCUT2D eigenvalue weighted by atomic mass is 16.4. The van der Waals surface area contributed by atoms with Crippen LogP contribution < -0.4 is 5.73 Å². The van der Waals surface area contributed by atoms with Gasteiger partial charge in [-0.2, -0.15) is 0 Å². The summed E-state index contributed by atoms with van der Waals surface area (Å²) in [4.78, 5) is 16.4. The number of aromatic nitrogens is 2.